The van der Waals surface area contributed by atoms with E-state index < -0.39 is 7.14 Å². The molecule has 0 bridgehead atoms. The van der Waals surface area contributed by atoms with Crippen molar-refractivity contribution in [2.75, 3.05) is 6.16 Å². The molecule has 0 aliphatic heterocycles. The van der Waals surface area contributed by atoms with Gasteiger partial charge in [-0.05, 0) is 6.92 Å². The Morgan fingerprint density at radius 1 is 1.00 bits per heavy atom. The van der Waals surface area contributed by atoms with Crippen LogP contribution in [0.15, 0.2) is 65.8 Å². The summed E-state index contributed by atoms with van der Waals surface area (Å²) >= 11 is 0. The van der Waals surface area contributed by atoms with Gasteiger partial charge in [-0.15, -0.1) is 0 Å². The minimum atomic E-state index is -2.71. The lowest BCUT2D eigenvalue weighted by Crippen LogP contribution is -2.21. The van der Waals surface area contributed by atoms with Crippen molar-refractivity contribution in [3.63, 3.8) is 0 Å². The maximum Gasteiger partial charge on any atom is 0.148 e. The second kappa shape index (κ2) is 5.85. The molecule has 0 saturated heterocycles. The molecule has 0 unspecified atom stereocenters. The van der Waals surface area contributed by atoms with E-state index in [1.165, 1.54) is 0 Å². The van der Waals surface area contributed by atoms with Crippen molar-refractivity contribution >= 4 is 23.5 Å². The Morgan fingerprint density at radius 3 is 1.79 bits per heavy atom. The van der Waals surface area contributed by atoms with Crippen LogP contribution >= 0.6 is 7.14 Å². The second-order valence-corrected chi connectivity index (χ2v) is 7.26. The Morgan fingerprint density at radius 2 is 1.42 bits per heavy atom. The Kier molecular flexibility index (Phi) is 4.18. The van der Waals surface area contributed by atoms with Crippen LogP contribution in [-0.4, -0.2) is 11.9 Å². The molecule has 2 N–H and O–H groups in total. The summed E-state index contributed by atoms with van der Waals surface area (Å²) in [5, 5.41) is 5.34. The smallest absolute Gasteiger partial charge is 0.148 e. The molecule has 0 aliphatic rings. The molecule has 0 fully saturated rings. The van der Waals surface area contributed by atoms with Gasteiger partial charge >= 0.3 is 0 Å². The number of hydrazone groups is 1. The Hall–Kier alpha value is -1.86. The summed E-state index contributed by atoms with van der Waals surface area (Å²) in [5.74, 6) is 5.30. The lowest BCUT2D eigenvalue weighted by Gasteiger charge is -2.18. The average Bonchev–Trinajstić information content (AvgIpc) is 2.48. The Balaban J connectivity index is 2.54. The van der Waals surface area contributed by atoms with Gasteiger partial charge in [0.25, 0.3) is 0 Å². The summed E-state index contributed by atoms with van der Waals surface area (Å²) in [5.41, 5.74) is 0.691. The van der Waals surface area contributed by atoms with Crippen LogP contribution in [0.1, 0.15) is 6.92 Å². The number of rotatable bonds is 4. The van der Waals surface area contributed by atoms with Crippen molar-refractivity contribution in [1.82, 2.24) is 0 Å². The number of nitrogens with two attached hydrogens (primary N) is 1. The standard InChI is InChI=1S/C15H17N2OP/c1-13(17-16)12-19(18,14-8-4-2-5-9-14)15-10-6-3-7-11-15/h2-11H,12,16H2,1H3. The zero-order valence-electron chi connectivity index (χ0n) is 10.9. The summed E-state index contributed by atoms with van der Waals surface area (Å²) in [6.07, 6.45) is 0.373. The van der Waals surface area contributed by atoms with Crippen molar-refractivity contribution in [2.45, 2.75) is 6.92 Å². The highest BCUT2D eigenvalue weighted by atomic mass is 31.2. The van der Waals surface area contributed by atoms with Gasteiger partial charge < -0.3 is 10.4 Å². The summed E-state index contributed by atoms with van der Waals surface area (Å²) in [4.78, 5) is 0. The molecule has 19 heavy (non-hydrogen) atoms. The minimum absolute atomic E-state index is 0.373. The lowest BCUT2D eigenvalue weighted by molar-refractivity contribution is 0.589. The number of benzene rings is 2. The van der Waals surface area contributed by atoms with E-state index in [9.17, 15) is 4.57 Å². The lowest BCUT2D eigenvalue weighted by atomic mass is 10.4. The predicted molar refractivity (Wildman–Crippen MR) is 81.9 cm³/mol. The molecule has 0 heterocycles. The van der Waals surface area contributed by atoms with Crippen LogP contribution in [0, 0.1) is 0 Å². The highest BCUT2D eigenvalue weighted by Crippen LogP contribution is 2.43. The van der Waals surface area contributed by atoms with E-state index in [0.717, 1.165) is 10.6 Å². The van der Waals surface area contributed by atoms with Gasteiger partial charge in [-0.2, -0.15) is 5.10 Å². The maximum absolute atomic E-state index is 13.4. The topological polar surface area (TPSA) is 55.5 Å². The fourth-order valence-electron chi connectivity index (χ4n) is 2.03. The van der Waals surface area contributed by atoms with Crippen LogP contribution in [0.2, 0.25) is 0 Å². The van der Waals surface area contributed by atoms with Gasteiger partial charge in [-0.25, -0.2) is 0 Å². The predicted octanol–water partition coefficient (Wildman–Crippen LogP) is 2.34. The van der Waals surface area contributed by atoms with Crippen molar-refractivity contribution in [1.29, 1.82) is 0 Å². The number of nitrogens with zero attached hydrogens (tertiary/aromatic N) is 1. The van der Waals surface area contributed by atoms with E-state index in [1.807, 2.05) is 60.7 Å². The number of hydrogen-bond acceptors (Lipinski definition) is 3. The van der Waals surface area contributed by atoms with Gasteiger partial charge in [-0.1, -0.05) is 60.7 Å². The van der Waals surface area contributed by atoms with Gasteiger partial charge in [0, 0.05) is 22.5 Å². The summed E-state index contributed by atoms with van der Waals surface area (Å²) in [6.45, 7) is 1.80. The summed E-state index contributed by atoms with van der Waals surface area (Å²) in [6, 6.07) is 19.1. The van der Waals surface area contributed by atoms with Crippen LogP contribution in [0.4, 0.5) is 0 Å². The molecule has 2 rings (SSSR count). The molecular weight excluding hydrogens is 255 g/mol. The van der Waals surface area contributed by atoms with Gasteiger partial charge in [-0.3, -0.25) is 0 Å². The monoisotopic (exact) mass is 272 g/mol. The van der Waals surface area contributed by atoms with Crippen LogP contribution < -0.4 is 16.5 Å². The first-order valence-electron chi connectivity index (χ1n) is 6.10. The first-order chi connectivity index (χ1) is 9.16. The first-order valence-corrected chi connectivity index (χ1v) is 7.99. The SMILES string of the molecule is CC(CP(=O)(c1ccccc1)c1ccccc1)=NN. The largest absolute Gasteiger partial charge is 0.323 e. The summed E-state index contributed by atoms with van der Waals surface area (Å²) in [7, 11) is -2.71. The molecule has 0 aliphatic carbocycles. The third kappa shape index (κ3) is 2.94. The Labute approximate surface area is 113 Å². The van der Waals surface area contributed by atoms with Crippen molar-refractivity contribution in [2.24, 2.45) is 10.9 Å². The molecule has 2 aromatic rings. The van der Waals surface area contributed by atoms with E-state index in [-0.39, 0.29) is 0 Å². The molecule has 0 atom stereocenters. The van der Waals surface area contributed by atoms with Crippen molar-refractivity contribution in [3.8, 4) is 0 Å². The van der Waals surface area contributed by atoms with E-state index in [1.54, 1.807) is 6.92 Å². The normalized spacial score (nSPS) is 12.4. The maximum atomic E-state index is 13.4. The van der Waals surface area contributed by atoms with Gasteiger partial charge in [0.15, 0.2) is 0 Å². The molecule has 0 spiro atoms. The zero-order chi connectivity index (χ0) is 13.7. The molecule has 0 amide bonds. The molecule has 98 valence electrons. The highest BCUT2D eigenvalue weighted by Gasteiger charge is 2.27. The van der Waals surface area contributed by atoms with Gasteiger partial charge in [0.2, 0.25) is 0 Å². The molecule has 0 radical (unpaired) electrons. The van der Waals surface area contributed by atoms with Crippen LogP contribution in [0.25, 0.3) is 0 Å². The Bertz CT molecular complexity index is 565. The highest BCUT2D eigenvalue weighted by molar-refractivity contribution is 7.79. The van der Waals surface area contributed by atoms with Crippen LogP contribution in [0.5, 0.6) is 0 Å². The molecule has 4 heteroatoms. The molecule has 0 aromatic heterocycles. The minimum Gasteiger partial charge on any atom is -0.323 e. The fraction of sp³-hybridized carbons (Fsp3) is 0.133. The van der Waals surface area contributed by atoms with Gasteiger partial charge in [0.1, 0.15) is 7.14 Å². The van der Waals surface area contributed by atoms with Crippen molar-refractivity contribution < 1.29 is 4.57 Å². The molecular formula is C15H17N2OP. The van der Waals surface area contributed by atoms with E-state index in [4.69, 9.17) is 5.84 Å². The molecule has 2 aromatic carbocycles. The third-order valence-corrected chi connectivity index (χ3v) is 6.19. The summed E-state index contributed by atoms with van der Waals surface area (Å²) < 4.78 is 13.4. The average molecular weight is 272 g/mol. The van der Waals surface area contributed by atoms with E-state index in [2.05, 4.69) is 5.10 Å². The second-order valence-electron chi connectivity index (χ2n) is 4.43. The fourth-order valence-corrected chi connectivity index (χ4v) is 4.73. The quantitative estimate of drug-likeness (QED) is 0.402. The zero-order valence-corrected chi connectivity index (χ0v) is 11.8. The van der Waals surface area contributed by atoms with Gasteiger partial charge in [0.05, 0.1) is 0 Å². The third-order valence-electron chi connectivity index (χ3n) is 3.02. The number of hydrogen-bond donors (Lipinski definition) is 1. The van der Waals surface area contributed by atoms with Crippen LogP contribution in [0.3, 0.4) is 0 Å². The van der Waals surface area contributed by atoms with E-state index in [0.29, 0.717) is 11.9 Å². The van der Waals surface area contributed by atoms with Crippen molar-refractivity contribution in [3.05, 3.63) is 60.7 Å². The first kappa shape index (κ1) is 13.6. The molecule has 0 saturated carbocycles. The molecule has 3 nitrogen and oxygen atoms in total. The van der Waals surface area contributed by atoms with E-state index >= 15 is 0 Å². The van der Waals surface area contributed by atoms with Crippen LogP contribution in [-0.2, 0) is 4.57 Å².